The largest absolute Gasteiger partial charge is 0.354 e. The van der Waals surface area contributed by atoms with E-state index in [-0.39, 0.29) is 23.6 Å². The van der Waals surface area contributed by atoms with Crippen LogP contribution >= 0.6 is 11.8 Å². The van der Waals surface area contributed by atoms with Crippen molar-refractivity contribution in [1.82, 2.24) is 15.5 Å². The smallest absolute Gasteiger partial charge is 0.246 e. The summed E-state index contributed by atoms with van der Waals surface area (Å²) in [7, 11) is 0. The lowest BCUT2D eigenvalue weighted by Gasteiger charge is -2.34. The second kappa shape index (κ2) is 11.5. The van der Waals surface area contributed by atoms with E-state index in [1.165, 1.54) is 0 Å². The zero-order valence-electron chi connectivity index (χ0n) is 18.2. The Kier molecular flexibility index (Phi) is 8.78. The third-order valence-corrected chi connectivity index (χ3v) is 7.13. The van der Waals surface area contributed by atoms with Crippen molar-refractivity contribution in [3.8, 4) is 0 Å². The molecule has 0 unspecified atom stereocenters. The fraction of sp³-hybridized carbons (Fsp3) is 0.609. The van der Waals surface area contributed by atoms with Gasteiger partial charge in [-0.2, -0.15) is 0 Å². The number of hydrogen-bond acceptors (Lipinski definition) is 5. The van der Waals surface area contributed by atoms with Crippen molar-refractivity contribution in [1.29, 1.82) is 0 Å². The zero-order chi connectivity index (χ0) is 22.2. The average Bonchev–Trinajstić information content (AvgIpc) is 3.28. The van der Waals surface area contributed by atoms with E-state index >= 15 is 0 Å². The third-order valence-electron chi connectivity index (χ3n) is 6.12. The molecule has 3 atom stereocenters. The van der Waals surface area contributed by atoms with Gasteiger partial charge in [0.25, 0.3) is 0 Å². The molecule has 2 fully saturated rings. The molecule has 0 radical (unpaired) electrons. The van der Waals surface area contributed by atoms with Crippen molar-refractivity contribution < 1.29 is 14.4 Å². The van der Waals surface area contributed by atoms with E-state index in [4.69, 9.17) is 5.73 Å². The lowest BCUT2D eigenvalue weighted by Crippen LogP contribution is -2.58. The average molecular weight is 447 g/mol. The molecule has 2 aliphatic rings. The number of nitrogens with two attached hydrogens (primary N) is 1. The first kappa shape index (κ1) is 23.6. The Morgan fingerprint density at radius 1 is 1.16 bits per heavy atom. The molecule has 1 aliphatic heterocycles. The van der Waals surface area contributed by atoms with Crippen LogP contribution in [0, 0.1) is 5.92 Å². The number of carbonyl (C=O) groups excluding carboxylic acids is 3. The Morgan fingerprint density at radius 3 is 2.55 bits per heavy atom. The molecule has 1 aromatic carbocycles. The Labute approximate surface area is 188 Å². The van der Waals surface area contributed by atoms with Crippen molar-refractivity contribution in [3.63, 3.8) is 0 Å². The number of nitrogens with one attached hydrogen (secondary N) is 2. The minimum Gasteiger partial charge on any atom is -0.354 e. The predicted molar refractivity (Wildman–Crippen MR) is 123 cm³/mol. The fourth-order valence-corrected chi connectivity index (χ4v) is 5.45. The number of amides is 3. The van der Waals surface area contributed by atoms with E-state index in [0.717, 1.165) is 44.1 Å². The molecule has 3 rings (SSSR count). The summed E-state index contributed by atoms with van der Waals surface area (Å²) in [5.74, 6) is 0.522. The Balaban J connectivity index is 1.63. The lowest BCUT2D eigenvalue weighted by atomic mass is 9.83. The van der Waals surface area contributed by atoms with E-state index in [0.29, 0.717) is 18.2 Å². The van der Waals surface area contributed by atoms with Crippen LogP contribution in [0.5, 0.6) is 0 Å². The van der Waals surface area contributed by atoms with Crippen LogP contribution < -0.4 is 16.4 Å². The minimum absolute atomic E-state index is 0.0938. The molecule has 0 aromatic heterocycles. The summed E-state index contributed by atoms with van der Waals surface area (Å²) in [5, 5.41) is 5.87. The molecule has 8 heteroatoms. The first-order valence-electron chi connectivity index (χ1n) is 11.2. The Hall–Kier alpha value is -2.06. The monoisotopic (exact) mass is 446 g/mol. The van der Waals surface area contributed by atoms with Crippen LogP contribution in [-0.2, 0) is 20.8 Å². The summed E-state index contributed by atoms with van der Waals surface area (Å²) in [6.45, 7) is 2.14. The molecular weight excluding hydrogens is 412 g/mol. The minimum atomic E-state index is -0.677. The van der Waals surface area contributed by atoms with Crippen molar-refractivity contribution >= 4 is 29.5 Å². The molecule has 1 saturated heterocycles. The van der Waals surface area contributed by atoms with Gasteiger partial charge in [-0.1, -0.05) is 49.6 Å². The molecule has 170 valence electrons. The highest BCUT2D eigenvalue weighted by Crippen LogP contribution is 2.30. The zero-order valence-corrected chi connectivity index (χ0v) is 19.0. The normalized spacial score (nSPS) is 21.4. The van der Waals surface area contributed by atoms with Crippen LogP contribution in [0.25, 0.3) is 0 Å². The molecule has 1 heterocycles. The van der Waals surface area contributed by atoms with Crippen LogP contribution in [0.4, 0.5) is 0 Å². The second-order valence-corrected chi connectivity index (χ2v) is 9.52. The van der Waals surface area contributed by atoms with Crippen molar-refractivity contribution in [2.45, 2.75) is 63.6 Å². The van der Waals surface area contributed by atoms with E-state index in [1.807, 2.05) is 30.3 Å². The van der Waals surface area contributed by atoms with Gasteiger partial charge < -0.3 is 21.3 Å². The molecule has 1 aromatic rings. The highest BCUT2D eigenvalue weighted by atomic mass is 32.2. The van der Waals surface area contributed by atoms with Gasteiger partial charge in [0, 0.05) is 12.3 Å². The number of benzene rings is 1. The van der Waals surface area contributed by atoms with Crippen LogP contribution in [-0.4, -0.2) is 58.9 Å². The SMILES string of the molecule is C[C@H](N)C(=O)N[C@@H](C(=O)N1CSC[C@H]1C(=O)NCCc1ccccc1)C1CCCCC1. The summed E-state index contributed by atoms with van der Waals surface area (Å²) >= 11 is 1.57. The topological polar surface area (TPSA) is 105 Å². The van der Waals surface area contributed by atoms with Crippen molar-refractivity contribution in [2.75, 3.05) is 18.2 Å². The number of hydrogen-bond donors (Lipinski definition) is 3. The highest BCUT2D eigenvalue weighted by molar-refractivity contribution is 7.99. The number of thioether (sulfide) groups is 1. The van der Waals surface area contributed by atoms with E-state index in [2.05, 4.69) is 10.6 Å². The molecule has 4 N–H and O–H groups in total. The summed E-state index contributed by atoms with van der Waals surface area (Å²) in [5.41, 5.74) is 6.90. The summed E-state index contributed by atoms with van der Waals surface area (Å²) in [6, 6.07) is 8.19. The molecule has 7 nitrogen and oxygen atoms in total. The standard InChI is InChI=1S/C23H34N4O3S/c1-16(24)21(28)26-20(18-10-6-3-7-11-18)23(30)27-15-31-14-19(27)22(29)25-13-12-17-8-4-2-5-9-17/h2,4-5,8-9,16,18-20H,3,6-7,10-15,24H2,1H3,(H,25,29)(H,26,28)/t16-,19-,20+/m0/s1. The number of rotatable bonds is 8. The first-order chi connectivity index (χ1) is 15.0. The first-order valence-corrected chi connectivity index (χ1v) is 12.4. The predicted octanol–water partition coefficient (Wildman–Crippen LogP) is 1.66. The van der Waals surface area contributed by atoms with Crippen molar-refractivity contribution in [3.05, 3.63) is 35.9 Å². The van der Waals surface area contributed by atoms with E-state index in [9.17, 15) is 14.4 Å². The molecule has 31 heavy (non-hydrogen) atoms. The molecule has 3 amide bonds. The summed E-state index contributed by atoms with van der Waals surface area (Å²) in [6.07, 6.45) is 5.83. The Bertz CT molecular complexity index is 752. The van der Waals surface area contributed by atoms with Gasteiger partial charge in [0.2, 0.25) is 17.7 Å². The van der Waals surface area contributed by atoms with Gasteiger partial charge in [-0.05, 0) is 37.7 Å². The van der Waals surface area contributed by atoms with E-state index < -0.39 is 18.1 Å². The van der Waals surface area contributed by atoms with Crippen molar-refractivity contribution in [2.24, 2.45) is 11.7 Å². The lowest BCUT2D eigenvalue weighted by molar-refractivity contribution is -0.142. The van der Waals surface area contributed by atoms with Crippen LogP contribution in [0.2, 0.25) is 0 Å². The maximum atomic E-state index is 13.5. The van der Waals surface area contributed by atoms with Crippen LogP contribution in [0.1, 0.15) is 44.6 Å². The third kappa shape index (κ3) is 6.46. The quantitative estimate of drug-likeness (QED) is 0.563. The molecule has 0 bridgehead atoms. The summed E-state index contributed by atoms with van der Waals surface area (Å²) in [4.78, 5) is 40.3. The summed E-state index contributed by atoms with van der Waals surface area (Å²) < 4.78 is 0. The maximum absolute atomic E-state index is 13.5. The highest BCUT2D eigenvalue weighted by Gasteiger charge is 2.41. The maximum Gasteiger partial charge on any atom is 0.246 e. The number of carbonyl (C=O) groups is 3. The molecule has 0 spiro atoms. The van der Waals surface area contributed by atoms with Gasteiger partial charge in [0.05, 0.1) is 11.9 Å². The van der Waals surface area contributed by atoms with Crippen LogP contribution in [0.3, 0.4) is 0 Å². The number of nitrogens with zero attached hydrogens (tertiary/aromatic N) is 1. The molecule has 1 aliphatic carbocycles. The van der Waals surface area contributed by atoms with Gasteiger partial charge in [0.1, 0.15) is 12.1 Å². The second-order valence-electron chi connectivity index (χ2n) is 8.52. The van der Waals surface area contributed by atoms with Crippen LogP contribution in [0.15, 0.2) is 30.3 Å². The van der Waals surface area contributed by atoms with Gasteiger partial charge in [-0.15, -0.1) is 11.8 Å². The fourth-order valence-electron chi connectivity index (χ4n) is 4.28. The van der Waals surface area contributed by atoms with Gasteiger partial charge in [0.15, 0.2) is 0 Å². The molecule has 1 saturated carbocycles. The van der Waals surface area contributed by atoms with Gasteiger partial charge in [-0.3, -0.25) is 14.4 Å². The molecular formula is C23H34N4O3S. The van der Waals surface area contributed by atoms with Gasteiger partial charge in [-0.25, -0.2) is 0 Å². The van der Waals surface area contributed by atoms with Gasteiger partial charge >= 0.3 is 0 Å². The van der Waals surface area contributed by atoms with E-state index in [1.54, 1.807) is 23.6 Å². The Morgan fingerprint density at radius 2 is 1.87 bits per heavy atom.